The number of hydrogen-bond acceptors (Lipinski definition) is 0. The highest BCUT2D eigenvalue weighted by Gasteiger charge is 2.20. The van der Waals surface area contributed by atoms with Gasteiger partial charge in [-0.3, -0.25) is 0 Å². The fourth-order valence-electron chi connectivity index (χ4n) is 1.68. The number of halogens is 4. The molecular formula is C11H8ClF3. The molecule has 15 heavy (non-hydrogen) atoms. The largest absolute Gasteiger partial charge is 0.204 e. The fourth-order valence-corrected chi connectivity index (χ4v) is 1.94. The Labute approximate surface area is 90.4 Å². The van der Waals surface area contributed by atoms with E-state index in [1.807, 2.05) is 0 Å². The minimum atomic E-state index is -1.42. The third-order valence-corrected chi connectivity index (χ3v) is 2.80. The van der Waals surface area contributed by atoms with Gasteiger partial charge in [0.2, 0.25) is 0 Å². The first-order valence-electron chi connectivity index (χ1n) is 4.58. The predicted octanol–water partition coefficient (Wildman–Crippen LogP) is 3.89. The summed E-state index contributed by atoms with van der Waals surface area (Å²) in [6, 6.07) is 2.17. The van der Waals surface area contributed by atoms with Crippen LogP contribution in [0.5, 0.6) is 0 Å². The van der Waals surface area contributed by atoms with E-state index in [0.717, 1.165) is 6.07 Å². The van der Waals surface area contributed by atoms with Crippen molar-refractivity contribution in [2.45, 2.75) is 18.2 Å². The molecule has 1 aromatic carbocycles. The van der Waals surface area contributed by atoms with Crippen LogP contribution in [0.4, 0.5) is 13.2 Å². The lowest BCUT2D eigenvalue weighted by molar-refractivity contribution is 0.445. The highest BCUT2D eigenvalue weighted by Crippen LogP contribution is 2.32. The van der Waals surface area contributed by atoms with Crippen LogP contribution in [-0.2, 0) is 0 Å². The Bertz CT molecular complexity index is 426. The SMILES string of the molecule is Fc1ccc(C2=CC(Cl)CC2)c(F)c1F. The van der Waals surface area contributed by atoms with Crippen LogP contribution in [0.1, 0.15) is 18.4 Å². The third-order valence-electron chi connectivity index (χ3n) is 2.45. The molecule has 0 aromatic heterocycles. The van der Waals surface area contributed by atoms with E-state index < -0.39 is 17.5 Å². The van der Waals surface area contributed by atoms with Crippen molar-refractivity contribution < 1.29 is 13.2 Å². The van der Waals surface area contributed by atoms with Gasteiger partial charge >= 0.3 is 0 Å². The lowest BCUT2D eigenvalue weighted by Crippen LogP contribution is -1.96. The maximum absolute atomic E-state index is 13.3. The first-order chi connectivity index (χ1) is 7.09. The van der Waals surface area contributed by atoms with Gasteiger partial charge in [-0.25, -0.2) is 13.2 Å². The summed E-state index contributed by atoms with van der Waals surface area (Å²) in [6.07, 6.45) is 2.97. The van der Waals surface area contributed by atoms with Gasteiger partial charge < -0.3 is 0 Å². The van der Waals surface area contributed by atoms with E-state index in [1.165, 1.54) is 6.07 Å². The summed E-state index contributed by atoms with van der Waals surface area (Å²) in [5.74, 6) is -3.73. The second-order valence-electron chi connectivity index (χ2n) is 3.47. The number of allylic oxidation sites excluding steroid dienone is 2. The number of rotatable bonds is 1. The average molecular weight is 233 g/mol. The molecule has 1 aromatic rings. The molecular weight excluding hydrogens is 225 g/mol. The van der Waals surface area contributed by atoms with Crippen LogP contribution in [-0.4, -0.2) is 5.38 Å². The Morgan fingerprint density at radius 3 is 2.47 bits per heavy atom. The molecule has 1 aliphatic rings. The first kappa shape index (κ1) is 10.6. The summed E-state index contributed by atoms with van der Waals surface area (Å²) in [5.41, 5.74) is 0.753. The zero-order chi connectivity index (χ0) is 11.0. The van der Waals surface area contributed by atoms with Gasteiger partial charge in [-0.1, -0.05) is 6.08 Å². The molecule has 0 spiro atoms. The van der Waals surface area contributed by atoms with Crippen molar-refractivity contribution in [3.05, 3.63) is 41.2 Å². The van der Waals surface area contributed by atoms with E-state index in [-0.39, 0.29) is 10.9 Å². The molecule has 0 bridgehead atoms. The van der Waals surface area contributed by atoms with Crippen LogP contribution in [0.2, 0.25) is 0 Å². The van der Waals surface area contributed by atoms with Crippen molar-refractivity contribution in [2.75, 3.05) is 0 Å². The molecule has 0 saturated heterocycles. The summed E-state index contributed by atoms with van der Waals surface area (Å²) in [4.78, 5) is 0. The molecule has 0 radical (unpaired) electrons. The molecule has 1 atom stereocenters. The minimum Gasteiger partial charge on any atom is -0.204 e. The summed E-state index contributed by atoms with van der Waals surface area (Å²) >= 11 is 5.81. The van der Waals surface area contributed by atoms with Gasteiger partial charge in [0.15, 0.2) is 17.5 Å². The third kappa shape index (κ3) is 1.88. The van der Waals surface area contributed by atoms with Crippen molar-refractivity contribution in [1.82, 2.24) is 0 Å². The highest BCUT2D eigenvalue weighted by atomic mass is 35.5. The normalized spacial score (nSPS) is 20.5. The minimum absolute atomic E-state index is 0.108. The maximum Gasteiger partial charge on any atom is 0.195 e. The van der Waals surface area contributed by atoms with Crippen molar-refractivity contribution in [3.63, 3.8) is 0 Å². The van der Waals surface area contributed by atoms with Crippen molar-refractivity contribution >= 4 is 17.2 Å². The number of benzene rings is 1. The standard InChI is InChI=1S/C11H8ClF3/c12-7-2-1-6(5-7)8-3-4-9(13)11(15)10(8)14/h3-5,7H,1-2H2. The molecule has 0 saturated carbocycles. The Morgan fingerprint density at radius 1 is 1.13 bits per heavy atom. The summed E-state index contributed by atoms with van der Waals surface area (Å²) in [7, 11) is 0. The molecule has 2 rings (SSSR count). The second kappa shape index (κ2) is 3.89. The molecule has 0 N–H and O–H groups in total. The molecule has 0 heterocycles. The van der Waals surface area contributed by atoms with Gasteiger partial charge in [0.05, 0.1) is 5.38 Å². The highest BCUT2D eigenvalue weighted by molar-refractivity contribution is 6.22. The van der Waals surface area contributed by atoms with Gasteiger partial charge in [0.25, 0.3) is 0 Å². The fraction of sp³-hybridized carbons (Fsp3) is 0.273. The molecule has 0 nitrogen and oxygen atoms in total. The van der Waals surface area contributed by atoms with Gasteiger partial charge in [-0.15, -0.1) is 11.6 Å². The summed E-state index contributed by atoms with van der Waals surface area (Å²) < 4.78 is 38.9. The monoisotopic (exact) mass is 232 g/mol. The van der Waals surface area contributed by atoms with E-state index in [9.17, 15) is 13.2 Å². The maximum atomic E-state index is 13.3. The Morgan fingerprint density at radius 2 is 1.87 bits per heavy atom. The van der Waals surface area contributed by atoms with Gasteiger partial charge in [0, 0.05) is 5.56 Å². The van der Waals surface area contributed by atoms with E-state index >= 15 is 0 Å². The summed E-state index contributed by atoms with van der Waals surface area (Å²) in [5, 5.41) is -0.146. The van der Waals surface area contributed by atoms with Gasteiger partial charge in [-0.2, -0.15) is 0 Å². The Hall–Kier alpha value is -0.960. The Balaban J connectivity index is 2.46. The number of hydrogen-bond donors (Lipinski definition) is 0. The van der Waals surface area contributed by atoms with Crippen molar-refractivity contribution in [2.24, 2.45) is 0 Å². The van der Waals surface area contributed by atoms with Crippen molar-refractivity contribution in [1.29, 1.82) is 0 Å². The van der Waals surface area contributed by atoms with Gasteiger partial charge in [-0.05, 0) is 30.5 Å². The van der Waals surface area contributed by atoms with Crippen LogP contribution < -0.4 is 0 Å². The van der Waals surface area contributed by atoms with Crippen LogP contribution >= 0.6 is 11.6 Å². The average Bonchev–Trinajstić information content (AvgIpc) is 2.61. The topological polar surface area (TPSA) is 0 Å². The van der Waals surface area contributed by atoms with E-state index in [0.29, 0.717) is 18.4 Å². The number of alkyl halides is 1. The zero-order valence-corrected chi connectivity index (χ0v) is 8.49. The molecule has 4 heteroatoms. The quantitative estimate of drug-likeness (QED) is 0.509. The first-order valence-corrected chi connectivity index (χ1v) is 5.02. The molecule has 0 fully saturated rings. The molecule has 1 aliphatic carbocycles. The molecule has 0 aliphatic heterocycles. The molecule has 80 valence electrons. The second-order valence-corrected chi connectivity index (χ2v) is 4.03. The molecule has 1 unspecified atom stereocenters. The van der Waals surface area contributed by atoms with E-state index in [2.05, 4.69) is 0 Å². The van der Waals surface area contributed by atoms with Crippen molar-refractivity contribution in [3.8, 4) is 0 Å². The lowest BCUT2D eigenvalue weighted by atomic mass is 10.0. The smallest absolute Gasteiger partial charge is 0.195 e. The van der Waals surface area contributed by atoms with Crippen LogP contribution in [0.15, 0.2) is 18.2 Å². The van der Waals surface area contributed by atoms with E-state index in [1.54, 1.807) is 6.08 Å². The van der Waals surface area contributed by atoms with Crippen LogP contribution in [0.25, 0.3) is 5.57 Å². The van der Waals surface area contributed by atoms with Crippen LogP contribution in [0, 0.1) is 17.5 Å². The van der Waals surface area contributed by atoms with E-state index in [4.69, 9.17) is 11.6 Å². The summed E-state index contributed by atoms with van der Waals surface area (Å²) in [6.45, 7) is 0. The Kier molecular flexibility index (Phi) is 2.74. The molecule has 0 amide bonds. The predicted molar refractivity (Wildman–Crippen MR) is 53.2 cm³/mol. The van der Waals surface area contributed by atoms with Crippen LogP contribution in [0.3, 0.4) is 0 Å². The lowest BCUT2D eigenvalue weighted by Gasteiger charge is -2.04. The zero-order valence-electron chi connectivity index (χ0n) is 7.74. The van der Waals surface area contributed by atoms with Gasteiger partial charge in [0.1, 0.15) is 0 Å².